The Balaban J connectivity index is 1.85. The number of nitrogens with one attached hydrogen (secondary N) is 1. The van der Waals surface area contributed by atoms with Crippen molar-refractivity contribution in [2.24, 2.45) is 0 Å². The summed E-state index contributed by atoms with van der Waals surface area (Å²) in [5, 5.41) is 2.68. The third-order valence-corrected chi connectivity index (χ3v) is 4.32. The Morgan fingerprint density at radius 2 is 1.84 bits per heavy atom. The van der Waals surface area contributed by atoms with Crippen LogP contribution in [0.5, 0.6) is 5.75 Å². The molecule has 1 N–H and O–H groups in total. The fourth-order valence-electron chi connectivity index (χ4n) is 2.83. The van der Waals surface area contributed by atoms with Crippen molar-refractivity contribution in [1.82, 2.24) is 10.2 Å². The van der Waals surface area contributed by atoms with Gasteiger partial charge in [0.25, 0.3) is 5.91 Å². The van der Waals surface area contributed by atoms with Crippen LogP contribution in [0, 0.1) is 0 Å². The van der Waals surface area contributed by atoms with Crippen LogP contribution < -0.4 is 10.1 Å². The summed E-state index contributed by atoms with van der Waals surface area (Å²) >= 11 is 0. The zero-order chi connectivity index (χ0) is 18.0. The lowest BCUT2D eigenvalue weighted by Gasteiger charge is -2.22. The van der Waals surface area contributed by atoms with Gasteiger partial charge in [-0.2, -0.15) is 0 Å². The molecule has 2 aromatic carbocycles. The highest BCUT2D eigenvalue weighted by molar-refractivity contribution is 6.11. The van der Waals surface area contributed by atoms with E-state index in [0.29, 0.717) is 16.9 Å². The fraction of sp³-hybridized carbons (Fsp3) is 0.211. The number of ether oxygens (including phenoxy) is 1. The SMILES string of the molecule is COc1cccc([C@]2(C)NC(=O)N(CC(=O)c3ccccc3)C2=O)c1. The number of amides is 3. The van der Waals surface area contributed by atoms with E-state index in [9.17, 15) is 14.4 Å². The highest BCUT2D eigenvalue weighted by Gasteiger charge is 2.49. The van der Waals surface area contributed by atoms with E-state index in [4.69, 9.17) is 4.74 Å². The lowest BCUT2D eigenvalue weighted by Crippen LogP contribution is -2.41. The zero-order valence-electron chi connectivity index (χ0n) is 14.0. The number of urea groups is 1. The first-order valence-electron chi connectivity index (χ1n) is 7.82. The molecule has 1 saturated heterocycles. The Bertz CT molecular complexity index is 834. The van der Waals surface area contributed by atoms with Gasteiger partial charge in [0.1, 0.15) is 11.3 Å². The number of nitrogens with zero attached hydrogens (tertiary/aromatic N) is 1. The Labute approximate surface area is 145 Å². The third-order valence-electron chi connectivity index (χ3n) is 4.32. The molecule has 128 valence electrons. The molecule has 0 bridgehead atoms. The van der Waals surface area contributed by atoms with Gasteiger partial charge in [0, 0.05) is 5.56 Å². The Morgan fingerprint density at radius 3 is 2.52 bits per heavy atom. The van der Waals surface area contributed by atoms with E-state index >= 15 is 0 Å². The van der Waals surface area contributed by atoms with Gasteiger partial charge in [-0.05, 0) is 24.6 Å². The van der Waals surface area contributed by atoms with E-state index in [0.717, 1.165) is 4.90 Å². The van der Waals surface area contributed by atoms with Gasteiger partial charge in [-0.25, -0.2) is 4.79 Å². The van der Waals surface area contributed by atoms with Crippen molar-refractivity contribution in [2.45, 2.75) is 12.5 Å². The topological polar surface area (TPSA) is 75.7 Å². The number of carbonyl (C=O) groups is 3. The average molecular weight is 338 g/mol. The van der Waals surface area contributed by atoms with Crippen LogP contribution in [0.2, 0.25) is 0 Å². The maximum Gasteiger partial charge on any atom is 0.325 e. The van der Waals surface area contributed by atoms with Crippen LogP contribution in [0.15, 0.2) is 54.6 Å². The van der Waals surface area contributed by atoms with Gasteiger partial charge in [-0.1, -0.05) is 42.5 Å². The number of hydrogen-bond donors (Lipinski definition) is 1. The highest BCUT2D eigenvalue weighted by atomic mass is 16.5. The Kier molecular flexibility index (Phi) is 4.27. The van der Waals surface area contributed by atoms with Crippen LogP contribution in [0.3, 0.4) is 0 Å². The van der Waals surface area contributed by atoms with Crippen LogP contribution in [0.25, 0.3) is 0 Å². The molecule has 0 saturated carbocycles. The molecular weight excluding hydrogens is 320 g/mol. The molecule has 0 aromatic heterocycles. The van der Waals surface area contributed by atoms with Crippen molar-refractivity contribution >= 4 is 17.7 Å². The van der Waals surface area contributed by atoms with Crippen molar-refractivity contribution in [3.63, 3.8) is 0 Å². The summed E-state index contributed by atoms with van der Waals surface area (Å²) in [5.74, 6) is -0.173. The molecule has 2 aromatic rings. The minimum atomic E-state index is -1.23. The summed E-state index contributed by atoms with van der Waals surface area (Å²) in [4.78, 5) is 38.5. The number of imide groups is 1. The van der Waals surface area contributed by atoms with Gasteiger partial charge in [0.15, 0.2) is 5.78 Å². The maximum atomic E-state index is 12.9. The molecular formula is C19H18N2O4. The molecule has 1 heterocycles. The van der Waals surface area contributed by atoms with Gasteiger partial charge >= 0.3 is 6.03 Å². The van der Waals surface area contributed by atoms with Crippen LogP contribution in [-0.4, -0.2) is 36.3 Å². The molecule has 3 amide bonds. The van der Waals surface area contributed by atoms with Crippen LogP contribution in [0.1, 0.15) is 22.8 Å². The van der Waals surface area contributed by atoms with Gasteiger partial charge < -0.3 is 10.1 Å². The monoisotopic (exact) mass is 338 g/mol. The quantitative estimate of drug-likeness (QED) is 0.671. The molecule has 1 aliphatic heterocycles. The molecule has 0 spiro atoms. The first-order chi connectivity index (χ1) is 12.0. The first-order valence-corrected chi connectivity index (χ1v) is 7.82. The van der Waals surface area contributed by atoms with E-state index in [1.807, 2.05) is 0 Å². The average Bonchev–Trinajstić information content (AvgIpc) is 2.86. The number of Topliss-reactive ketones (excluding diaryl/α,β-unsaturated/α-hetero) is 1. The summed E-state index contributed by atoms with van der Waals surface area (Å²) in [7, 11) is 1.53. The summed E-state index contributed by atoms with van der Waals surface area (Å²) in [6.07, 6.45) is 0. The molecule has 1 atom stereocenters. The van der Waals surface area contributed by atoms with Gasteiger partial charge in [-0.3, -0.25) is 14.5 Å². The van der Waals surface area contributed by atoms with Gasteiger partial charge in [0.2, 0.25) is 0 Å². The Hall–Kier alpha value is -3.15. The lowest BCUT2D eigenvalue weighted by molar-refractivity contribution is -0.130. The van der Waals surface area contributed by atoms with E-state index in [1.54, 1.807) is 61.5 Å². The van der Waals surface area contributed by atoms with Gasteiger partial charge in [-0.15, -0.1) is 0 Å². The summed E-state index contributed by atoms with van der Waals surface area (Å²) in [5.41, 5.74) is -0.180. The van der Waals surface area contributed by atoms with Crippen molar-refractivity contribution < 1.29 is 19.1 Å². The highest BCUT2D eigenvalue weighted by Crippen LogP contribution is 2.30. The number of carbonyl (C=O) groups excluding carboxylic acids is 3. The second kappa shape index (κ2) is 6.39. The van der Waals surface area contributed by atoms with Crippen molar-refractivity contribution in [1.29, 1.82) is 0 Å². The molecule has 1 fully saturated rings. The molecule has 0 unspecified atom stereocenters. The van der Waals surface area contributed by atoms with E-state index < -0.39 is 17.5 Å². The normalized spacial score (nSPS) is 19.7. The van der Waals surface area contributed by atoms with Gasteiger partial charge in [0.05, 0.1) is 13.7 Å². The smallest absolute Gasteiger partial charge is 0.325 e. The number of benzene rings is 2. The number of hydrogen-bond acceptors (Lipinski definition) is 4. The molecule has 6 nitrogen and oxygen atoms in total. The maximum absolute atomic E-state index is 12.9. The molecule has 0 radical (unpaired) electrons. The molecule has 25 heavy (non-hydrogen) atoms. The molecule has 1 aliphatic rings. The third kappa shape index (κ3) is 2.98. The number of rotatable bonds is 5. The summed E-state index contributed by atoms with van der Waals surface area (Å²) in [6.45, 7) is 1.32. The van der Waals surface area contributed by atoms with Crippen LogP contribution in [0.4, 0.5) is 4.79 Å². The van der Waals surface area contributed by atoms with E-state index in [-0.39, 0.29) is 12.3 Å². The minimum absolute atomic E-state index is 0.293. The number of methoxy groups -OCH3 is 1. The second-order valence-corrected chi connectivity index (χ2v) is 5.97. The minimum Gasteiger partial charge on any atom is -0.497 e. The largest absolute Gasteiger partial charge is 0.497 e. The first kappa shape index (κ1) is 16.7. The predicted molar refractivity (Wildman–Crippen MR) is 91.4 cm³/mol. The fourth-order valence-corrected chi connectivity index (χ4v) is 2.83. The van der Waals surface area contributed by atoms with Crippen molar-refractivity contribution in [2.75, 3.05) is 13.7 Å². The molecule has 3 rings (SSSR count). The van der Waals surface area contributed by atoms with E-state index in [2.05, 4.69) is 5.32 Å². The number of ketones is 1. The Morgan fingerprint density at radius 1 is 1.12 bits per heavy atom. The second-order valence-electron chi connectivity index (χ2n) is 5.97. The summed E-state index contributed by atoms with van der Waals surface area (Å²) < 4.78 is 5.18. The standard InChI is InChI=1S/C19H18N2O4/c1-19(14-9-6-10-15(11-14)25-2)17(23)21(18(24)20-19)12-16(22)13-7-4-3-5-8-13/h3-11H,12H2,1-2H3,(H,20,24)/t19-/m0/s1. The zero-order valence-corrected chi connectivity index (χ0v) is 14.0. The lowest BCUT2D eigenvalue weighted by atomic mass is 9.92. The molecule has 6 heteroatoms. The van der Waals surface area contributed by atoms with Crippen molar-refractivity contribution in [3.8, 4) is 5.75 Å². The van der Waals surface area contributed by atoms with Crippen LogP contribution >= 0.6 is 0 Å². The summed E-state index contributed by atoms with van der Waals surface area (Å²) in [6, 6.07) is 14.9. The molecule has 0 aliphatic carbocycles. The predicted octanol–water partition coefficient (Wildman–Crippen LogP) is 2.35. The van der Waals surface area contributed by atoms with E-state index in [1.165, 1.54) is 7.11 Å². The van der Waals surface area contributed by atoms with Crippen molar-refractivity contribution in [3.05, 3.63) is 65.7 Å². The van der Waals surface area contributed by atoms with Crippen LogP contribution in [-0.2, 0) is 10.3 Å².